The summed E-state index contributed by atoms with van der Waals surface area (Å²) in [5.41, 5.74) is -0.154. The Morgan fingerprint density at radius 1 is 1.18 bits per heavy atom. The molecule has 0 atom stereocenters. The molecule has 1 rings (SSSR count). The van der Waals surface area contributed by atoms with E-state index < -0.39 is 0 Å². The molecule has 0 N–H and O–H groups in total. The molecule has 0 bridgehead atoms. The van der Waals surface area contributed by atoms with Crippen molar-refractivity contribution in [1.29, 1.82) is 0 Å². The van der Waals surface area contributed by atoms with Crippen LogP contribution in [0.1, 0.15) is 71.6 Å². The van der Waals surface area contributed by atoms with Gasteiger partial charge < -0.3 is 4.74 Å². The molecule has 1 saturated carbocycles. The molecule has 1 fully saturated rings. The maximum absolute atomic E-state index is 11.9. The third kappa shape index (κ3) is 6.21. The monoisotopic (exact) mass is 240 g/mol. The van der Waals surface area contributed by atoms with Crippen LogP contribution in [-0.2, 0) is 9.53 Å². The van der Waals surface area contributed by atoms with Crippen LogP contribution < -0.4 is 0 Å². The second-order valence-corrected chi connectivity index (χ2v) is 6.06. The number of methoxy groups -OCH3 is 1. The Bertz CT molecular complexity index is 225. The van der Waals surface area contributed by atoms with E-state index >= 15 is 0 Å². The number of carbonyl (C=O) groups excluding carboxylic acids is 1. The van der Waals surface area contributed by atoms with Gasteiger partial charge in [0.15, 0.2) is 0 Å². The van der Waals surface area contributed by atoms with Crippen molar-refractivity contribution in [2.75, 3.05) is 7.11 Å². The molecule has 1 aliphatic rings. The first-order valence-corrected chi connectivity index (χ1v) is 7.10. The number of rotatable bonds is 6. The van der Waals surface area contributed by atoms with E-state index in [4.69, 9.17) is 4.74 Å². The van der Waals surface area contributed by atoms with Gasteiger partial charge in [-0.15, -0.1) is 0 Å². The van der Waals surface area contributed by atoms with E-state index in [0.717, 1.165) is 12.8 Å². The van der Waals surface area contributed by atoms with Crippen LogP contribution >= 0.6 is 0 Å². The molecule has 0 aromatic rings. The van der Waals surface area contributed by atoms with Gasteiger partial charge in [0.1, 0.15) is 5.78 Å². The zero-order valence-electron chi connectivity index (χ0n) is 11.8. The van der Waals surface area contributed by atoms with Gasteiger partial charge >= 0.3 is 0 Å². The van der Waals surface area contributed by atoms with E-state index in [0.29, 0.717) is 18.1 Å². The number of carbonyl (C=O) groups is 1. The van der Waals surface area contributed by atoms with Gasteiger partial charge in [-0.1, -0.05) is 38.5 Å². The minimum absolute atomic E-state index is 0.154. The topological polar surface area (TPSA) is 26.3 Å². The maximum Gasteiger partial charge on any atom is 0.133 e. The molecule has 1 aliphatic carbocycles. The summed E-state index contributed by atoms with van der Waals surface area (Å²) in [5, 5.41) is 0. The van der Waals surface area contributed by atoms with E-state index in [-0.39, 0.29) is 5.60 Å². The molecule has 0 unspecified atom stereocenters. The van der Waals surface area contributed by atoms with Crippen molar-refractivity contribution >= 4 is 5.78 Å². The predicted octanol–water partition coefficient (Wildman–Crippen LogP) is 4.12. The summed E-state index contributed by atoms with van der Waals surface area (Å²) in [6.45, 7) is 4.10. The summed E-state index contributed by atoms with van der Waals surface area (Å²) in [6, 6.07) is 0. The molecule has 17 heavy (non-hydrogen) atoms. The van der Waals surface area contributed by atoms with Crippen molar-refractivity contribution in [3.8, 4) is 0 Å². The Labute approximate surface area is 106 Å². The highest BCUT2D eigenvalue weighted by Crippen LogP contribution is 2.26. The molecular formula is C15H28O2. The molecule has 2 nitrogen and oxygen atoms in total. The molecule has 0 heterocycles. The van der Waals surface area contributed by atoms with E-state index in [1.165, 1.54) is 38.5 Å². The van der Waals surface area contributed by atoms with Crippen LogP contribution in [-0.4, -0.2) is 18.5 Å². The first-order chi connectivity index (χ1) is 8.03. The summed E-state index contributed by atoms with van der Waals surface area (Å²) < 4.78 is 5.35. The molecule has 100 valence electrons. The standard InChI is InChI=1S/C15H28O2/c1-15(2,17-3)11-10-14(16)12-13-8-6-4-5-7-9-13/h13H,4-12H2,1-3H3. The highest BCUT2D eigenvalue weighted by molar-refractivity contribution is 5.78. The van der Waals surface area contributed by atoms with Crippen molar-refractivity contribution < 1.29 is 9.53 Å². The molecular weight excluding hydrogens is 212 g/mol. The second-order valence-electron chi connectivity index (χ2n) is 6.06. The SMILES string of the molecule is COC(C)(C)CCC(=O)CC1CCCCCC1. The molecule has 0 amide bonds. The van der Waals surface area contributed by atoms with Gasteiger partial charge in [-0.3, -0.25) is 4.79 Å². The summed E-state index contributed by atoms with van der Waals surface area (Å²) in [5.74, 6) is 1.10. The van der Waals surface area contributed by atoms with Crippen LogP contribution in [0.2, 0.25) is 0 Å². The Kier molecular flexibility index (Phi) is 6.18. The van der Waals surface area contributed by atoms with Crippen molar-refractivity contribution in [2.24, 2.45) is 5.92 Å². The molecule has 0 saturated heterocycles. The zero-order valence-corrected chi connectivity index (χ0v) is 11.8. The minimum Gasteiger partial charge on any atom is -0.379 e. The molecule has 0 aromatic carbocycles. The lowest BCUT2D eigenvalue weighted by atomic mass is 9.91. The van der Waals surface area contributed by atoms with Crippen LogP contribution in [0.3, 0.4) is 0 Å². The van der Waals surface area contributed by atoms with Gasteiger partial charge in [-0.2, -0.15) is 0 Å². The van der Waals surface area contributed by atoms with Crippen LogP contribution in [0.5, 0.6) is 0 Å². The van der Waals surface area contributed by atoms with E-state index in [1.807, 2.05) is 13.8 Å². The van der Waals surface area contributed by atoms with Crippen LogP contribution in [0.4, 0.5) is 0 Å². The van der Waals surface area contributed by atoms with E-state index in [9.17, 15) is 4.79 Å². The highest BCUT2D eigenvalue weighted by atomic mass is 16.5. The number of hydrogen-bond donors (Lipinski definition) is 0. The lowest BCUT2D eigenvalue weighted by Gasteiger charge is -2.22. The molecule has 0 aliphatic heterocycles. The highest BCUT2D eigenvalue weighted by Gasteiger charge is 2.20. The fourth-order valence-electron chi connectivity index (χ4n) is 2.53. The summed E-state index contributed by atoms with van der Waals surface area (Å²) in [7, 11) is 1.72. The molecule has 0 aromatic heterocycles. The summed E-state index contributed by atoms with van der Waals surface area (Å²) in [4.78, 5) is 11.9. The second kappa shape index (κ2) is 7.15. The Morgan fingerprint density at radius 3 is 2.29 bits per heavy atom. The average molecular weight is 240 g/mol. The first kappa shape index (κ1) is 14.7. The van der Waals surface area contributed by atoms with Gasteiger partial charge in [0, 0.05) is 20.0 Å². The number of Topliss-reactive ketones (excluding diaryl/α,β-unsaturated/α-hetero) is 1. The quantitative estimate of drug-likeness (QED) is 0.653. The zero-order chi connectivity index (χ0) is 12.7. The van der Waals surface area contributed by atoms with Gasteiger partial charge in [0.25, 0.3) is 0 Å². The van der Waals surface area contributed by atoms with Gasteiger partial charge in [-0.25, -0.2) is 0 Å². The maximum atomic E-state index is 11.9. The van der Waals surface area contributed by atoms with Crippen molar-refractivity contribution in [3.63, 3.8) is 0 Å². The number of ether oxygens (including phenoxy) is 1. The fourth-order valence-corrected chi connectivity index (χ4v) is 2.53. The first-order valence-electron chi connectivity index (χ1n) is 7.10. The summed E-state index contributed by atoms with van der Waals surface area (Å²) in [6.07, 6.45) is 10.2. The lowest BCUT2D eigenvalue weighted by Crippen LogP contribution is -2.23. The minimum atomic E-state index is -0.154. The van der Waals surface area contributed by atoms with Gasteiger partial charge in [0.05, 0.1) is 5.60 Å². The Morgan fingerprint density at radius 2 is 1.76 bits per heavy atom. The average Bonchev–Trinajstić information content (AvgIpc) is 2.55. The molecule has 2 heteroatoms. The summed E-state index contributed by atoms with van der Waals surface area (Å²) >= 11 is 0. The van der Waals surface area contributed by atoms with Crippen molar-refractivity contribution in [1.82, 2.24) is 0 Å². The van der Waals surface area contributed by atoms with E-state index in [1.54, 1.807) is 7.11 Å². The van der Waals surface area contributed by atoms with Gasteiger partial charge in [-0.05, 0) is 26.2 Å². The van der Waals surface area contributed by atoms with Gasteiger partial charge in [0.2, 0.25) is 0 Å². The Hall–Kier alpha value is -0.370. The van der Waals surface area contributed by atoms with Crippen LogP contribution in [0.25, 0.3) is 0 Å². The van der Waals surface area contributed by atoms with E-state index in [2.05, 4.69) is 0 Å². The smallest absolute Gasteiger partial charge is 0.133 e. The van der Waals surface area contributed by atoms with Crippen molar-refractivity contribution in [3.05, 3.63) is 0 Å². The Balaban J connectivity index is 2.24. The number of ketones is 1. The third-order valence-electron chi connectivity index (χ3n) is 4.05. The van der Waals surface area contributed by atoms with Crippen molar-refractivity contribution in [2.45, 2.75) is 77.2 Å². The fraction of sp³-hybridized carbons (Fsp3) is 0.933. The largest absolute Gasteiger partial charge is 0.379 e. The third-order valence-corrected chi connectivity index (χ3v) is 4.05. The molecule has 0 spiro atoms. The predicted molar refractivity (Wildman–Crippen MR) is 71.1 cm³/mol. The van der Waals surface area contributed by atoms with Crippen LogP contribution in [0, 0.1) is 5.92 Å². The lowest BCUT2D eigenvalue weighted by molar-refractivity contribution is -0.121. The molecule has 0 radical (unpaired) electrons. The normalized spacial score (nSPS) is 19.0. The van der Waals surface area contributed by atoms with Crippen LogP contribution in [0.15, 0.2) is 0 Å². The number of hydrogen-bond acceptors (Lipinski definition) is 2.